The van der Waals surface area contributed by atoms with Crippen molar-refractivity contribution in [3.05, 3.63) is 0 Å². The quantitative estimate of drug-likeness (QED) is 0.571. The van der Waals surface area contributed by atoms with Gasteiger partial charge in [-0.2, -0.15) is 0 Å². The van der Waals surface area contributed by atoms with E-state index >= 15 is 0 Å². The first kappa shape index (κ1) is 17.9. The number of nitrogens with zero attached hydrogens (tertiary/aromatic N) is 2. The molecular weight excluding hydrogens is 246 g/mol. The highest BCUT2D eigenvalue weighted by atomic mass is 16.5. The number of carbonyl (C=O) groups excluding carboxylic acids is 2. The summed E-state index contributed by atoms with van der Waals surface area (Å²) in [6, 6.07) is 0. The molecule has 0 aromatic heterocycles. The van der Waals surface area contributed by atoms with E-state index in [2.05, 4.69) is 0 Å². The molecule has 6 nitrogen and oxygen atoms in total. The lowest BCUT2D eigenvalue weighted by Gasteiger charge is -2.23. The molecule has 0 atom stereocenters. The van der Waals surface area contributed by atoms with Gasteiger partial charge < -0.3 is 20.3 Å². The standard InChI is InChI=1S/C13H27N3O3/c1-15(2)13(18)11-16(9-10-19-3)12(17)7-5-4-6-8-14/h4-11,14H2,1-3H3. The van der Waals surface area contributed by atoms with E-state index in [1.54, 1.807) is 26.1 Å². The monoisotopic (exact) mass is 273 g/mol. The Morgan fingerprint density at radius 3 is 2.32 bits per heavy atom. The molecule has 0 heterocycles. The van der Waals surface area contributed by atoms with Gasteiger partial charge in [0.15, 0.2) is 0 Å². The number of carbonyl (C=O) groups is 2. The van der Waals surface area contributed by atoms with E-state index in [-0.39, 0.29) is 18.4 Å². The Balaban J connectivity index is 4.22. The molecule has 0 bridgehead atoms. The fourth-order valence-electron chi connectivity index (χ4n) is 1.55. The number of nitrogens with two attached hydrogens (primary N) is 1. The topological polar surface area (TPSA) is 75.9 Å². The normalized spacial score (nSPS) is 10.3. The molecular formula is C13H27N3O3. The molecule has 0 fully saturated rings. The van der Waals surface area contributed by atoms with Crippen LogP contribution in [0, 0.1) is 0 Å². The summed E-state index contributed by atoms with van der Waals surface area (Å²) in [5.74, 6) is -0.0734. The lowest BCUT2D eigenvalue weighted by Crippen LogP contribution is -2.41. The molecule has 2 amide bonds. The third kappa shape index (κ3) is 8.56. The third-order valence-electron chi connectivity index (χ3n) is 2.84. The molecule has 2 N–H and O–H groups in total. The average Bonchev–Trinajstić information content (AvgIpc) is 2.38. The van der Waals surface area contributed by atoms with Crippen molar-refractivity contribution >= 4 is 11.8 Å². The fourth-order valence-corrected chi connectivity index (χ4v) is 1.55. The van der Waals surface area contributed by atoms with Crippen LogP contribution in [-0.2, 0) is 14.3 Å². The SMILES string of the molecule is COCCN(CC(=O)N(C)C)C(=O)CCCCCN. The van der Waals surface area contributed by atoms with Crippen LogP contribution >= 0.6 is 0 Å². The van der Waals surface area contributed by atoms with Crippen LogP contribution in [0.15, 0.2) is 0 Å². The maximum atomic E-state index is 12.0. The number of hydrogen-bond donors (Lipinski definition) is 1. The Hall–Kier alpha value is -1.14. The highest BCUT2D eigenvalue weighted by Gasteiger charge is 2.17. The summed E-state index contributed by atoms with van der Waals surface area (Å²) in [6.07, 6.45) is 3.16. The minimum atomic E-state index is -0.0774. The molecule has 0 aliphatic heterocycles. The average molecular weight is 273 g/mol. The van der Waals surface area contributed by atoms with Gasteiger partial charge in [-0.1, -0.05) is 6.42 Å². The third-order valence-corrected chi connectivity index (χ3v) is 2.84. The summed E-state index contributed by atoms with van der Waals surface area (Å²) in [5, 5.41) is 0. The van der Waals surface area contributed by atoms with Crippen LogP contribution in [0.25, 0.3) is 0 Å². The van der Waals surface area contributed by atoms with Crippen molar-refractivity contribution in [2.24, 2.45) is 5.73 Å². The molecule has 0 spiro atoms. The molecule has 0 aliphatic carbocycles. The van der Waals surface area contributed by atoms with Crippen molar-refractivity contribution in [1.82, 2.24) is 9.80 Å². The second kappa shape index (κ2) is 10.8. The molecule has 6 heteroatoms. The van der Waals surface area contributed by atoms with Gasteiger partial charge in [-0.15, -0.1) is 0 Å². The first-order chi connectivity index (χ1) is 9.02. The second-order valence-corrected chi connectivity index (χ2v) is 4.70. The summed E-state index contributed by atoms with van der Waals surface area (Å²) in [5.41, 5.74) is 5.41. The first-order valence-corrected chi connectivity index (χ1v) is 6.69. The van der Waals surface area contributed by atoms with Crippen LogP contribution in [-0.4, -0.2) is 69.1 Å². The Morgan fingerprint density at radius 2 is 1.79 bits per heavy atom. The zero-order valence-corrected chi connectivity index (χ0v) is 12.4. The van der Waals surface area contributed by atoms with Gasteiger partial charge in [0.25, 0.3) is 0 Å². The smallest absolute Gasteiger partial charge is 0.241 e. The van der Waals surface area contributed by atoms with Crippen molar-refractivity contribution < 1.29 is 14.3 Å². The number of hydrogen-bond acceptors (Lipinski definition) is 4. The summed E-state index contributed by atoms with van der Waals surface area (Å²) in [6.45, 7) is 1.66. The van der Waals surface area contributed by atoms with E-state index in [4.69, 9.17) is 10.5 Å². The number of likely N-dealkylation sites (N-methyl/N-ethyl adjacent to an activating group) is 1. The van der Waals surface area contributed by atoms with Gasteiger partial charge >= 0.3 is 0 Å². The number of unbranched alkanes of at least 4 members (excludes halogenated alkanes) is 2. The molecule has 0 aromatic carbocycles. The Labute approximate surface area is 115 Å². The minimum absolute atomic E-state index is 0.00396. The number of ether oxygens (including phenoxy) is 1. The van der Waals surface area contributed by atoms with Gasteiger partial charge in [0, 0.05) is 34.2 Å². The maximum Gasteiger partial charge on any atom is 0.241 e. The van der Waals surface area contributed by atoms with Crippen LogP contribution < -0.4 is 5.73 Å². The lowest BCUT2D eigenvalue weighted by molar-refractivity contribution is -0.139. The number of methoxy groups -OCH3 is 1. The fraction of sp³-hybridized carbons (Fsp3) is 0.846. The Morgan fingerprint density at radius 1 is 1.11 bits per heavy atom. The van der Waals surface area contributed by atoms with Gasteiger partial charge in [0.2, 0.25) is 11.8 Å². The Bertz CT molecular complexity index is 270. The van der Waals surface area contributed by atoms with Gasteiger partial charge in [0.05, 0.1) is 13.2 Å². The highest BCUT2D eigenvalue weighted by Crippen LogP contribution is 2.03. The van der Waals surface area contributed by atoms with Crippen LogP contribution in [0.2, 0.25) is 0 Å². The molecule has 0 saturated carbocycles. The van der Waals surface area contributed by atoms with Crippen LogP contribution in [0.3, 0.4) is 0 Å². The number of amides is 2. The summed E-state index contributed by atoms with van der Waals surface area (Å²) in [7, 11) is 4.95. The van der Waals surface area contributed by atoms with Gasteiger partial charge in [-0.25, -0.2) is 0 Å². The van der Waals surface area contributed by atoms with Gasteiger partial charge in [-0.05, 0) is 19.4 Å². The summed E-state index contributed by atoms with van der Waals surface area (Å²) < 4.78 is 4.97. The number of rotatable bonds is 10. The van der Waals surface area contributed by atoms with Crippen molar-refractivity contribution in [2.75, 3.05) is 47.4 Å². The highest BCUT2D eigenvalue weighted by molar-refractivity contribution is 5.84. The molecule has 0 saturated heterocycles. The van der Waals surface area contributed by atoms with E-state index in [0.717, 1.165) is 19.3 Å². The minimum Gasteiger partial charge on any atom is -0.383 e. The molecule has 19 heavy (non-hydrogen) atoms. The van der Waals surface area contributed by atoms with Gasteiger partial charge in [0.1, 0.15) is 0 Å². The van der Waals surface area contributed by atoms with E-state index < -0.39 is 0 Å². The summed E-state index contributed by atoms with van der Waals surface area (Å²) >= 11 is 0. The molecule has 0 aromatic rings. The van der Waals surface area contributed by atoms with E-state index in [9.17, 15) is 9.59 Å². The maximum absolute atomic E-state index is 12.0. The van der Waals surface area contributed by atoms with E-state index in [1.165, 1.54) is 4.90 Å². The molecule has 0 unspecified atom stereocenters. The van der Waals surface area contributed by atoms with Crippen molar-refractivity contribution in [2.45, 2.75) is 25.7 Å². The predicted octanol–water partition coefficient (Wildman–Crippen LogP) is 0.0687. The zero-order valence-electron chi connectivity index (χ0n) is 12.4. The second-order valence-electron chi connectivity index (χ2n) is 4.70. The van der Waals surface area contributed by atoms with E-state index in [1.807, 2.05) is 0 Å². The van der Waals surface area contributed by atoms with Crippen molar-refractivity contribution in [1.29, 1.82) is 0 Å². The molecule has 0 rings (SSSR count). The first-order valence-electron chi connectivity index (χ1n) is 6.69. The Kier molecular flexibility index (Phi) is 10.1. The van der Waals surface area contributed by atoms with E-state index in [0.29, 0.717) is 26.1 Å². The molecule has 0 aliphatic rings. The zero-order chi connectivity index (χ0) is 14.7. The largest absolute Gasteiger partial charge is 0.383 e. The van der Waals surface area contributed by atoms with Crippen LogP contribution in [0.1, 0.15) is 25.7 Å². The van der Waals surface area contributed by atoms with Gasteiger partial charge in [-0.3, -0.25) is 9.59 Å². The summed E-state index contributed by atoms with van der Waals surface area (Å²) in [4.78, 5) is 26.8. The van der Waals surface area contributed by atoms with Crippen LogP contribution in [0.4, 0.5) is 0 Å². The lowest BCUT2D eigenvalue weighted by atomic mass is 10.2. The van der Waals surface area contributed by atoms with Crippen LogP contribution in [0.5, 0.6) is 0 Å². The predicted molar refractivity (Wildman–Crippen MR) is 74.7 cm³/mol. The molecule has 0 radical (unpaired) electrons. The van der Waals surface area contributed by atoms with Crippen molar-refractivity contribution in [3.63, 3.8) is 0 Å². The van der Waals surface area contributed by atoms with Crippen molar-refractivity contribution in [3.8, 4) is 0 Å². The molecule has 112 valence electrons.